The van der Waals surface area contributed by atoms with Crippen LogP contribution in [-0.4, -0.2) is 58.5 Å². The van der Waals surface area contributed by atoms with E-state index in [1.165, 1.54) is 11.6 Å². The van der Waals surface area contributed by atoms with E-state index in [1.807, 2.05) is 30.3 Å². The summed E-state index contributed by atoms with van der Waals surface area (Å²) in [5.41, 5.74) is 3.25. The highest BCUT2D eigenvalue weighted by Crippen LogP contribution is 2.28. The van der Waals surface area contributed by atoms with Gasteiger partial charge in [0, 0.05) is 19.1 Å². The molecule has 0 aliphatic heterocycles. The molecule has 0 aromatic heterocycles. The van der Waals surface area contributed by atoms with Gasteiger partial charge in [-0.3, -0.25) is 9.69 Å². The van der Waals surface area contributed by atoms with Crippen LogP contribution in [0.4, 0.5) is 18.9 Å². The summed E-state index contributed by atoms with van der Waals surface area (Å²) >= 11 is 0. The van der Waals surface area contributed by atoms with Crippen LogP contribution in [0, 0.1) is 0 Å². The molecular formula is C28H31F3N2O6. The quantitative estimate of drug-likeness (QED) is 0.201. The molecule has 0 aliphatic carbocycles. The minimum atomic E-state index is -5.08. The topological polar surface area (TPSA) is 119 Å². The number of nitrogens with one attached hydrogen (secondary N) is 1. The number of alkyl halides is 3. The number of aliphatic hydroxyl groups excluding tert-OH is 1. The number of amides is 1. The van der Waals surface area contributed by atoms with E-state index in [4.69, 9.17) is 14.6 Å². The number of aromatic hydroxyl groups is 1. The zero-order valence-corrected chi connectivity index (χ0v) is 21.4. The number of nitrogens with zero attached hydrogens (tertiary/aromatic N) is 1. The Kier molecular flexibility index (Phi) is 11.8. The maximum Gasteiger partial charge on any atom is 0.490 e. The van der Waals surface area contributed by atoms with Crippen molar-refractivity contribution in [1.82, 2.24) is 4.90 Å². The van der Waals surface area contributed by atoms with Crippen LogP contribution in [0.25, 0.3) is 0 Å². The molecule has 4 N–H and O–H groups in total. The van der Waals surface area contributed by atoms with E-state index >= 15 is 0 Å². The molecule has 0 unspecified atom stereocenters. The van der Waals surface area contributed by atoms with E-state index in [-0.39, 0.29) is 17.5 Å². The fraction of sp³-hybridized carbons (Fsp3) is 0.286. The van der Waals surface area contributed by atoms with Crippen molar-refractivity contribution < 1.29 is 42.8 Å². The average Bonchev–Trinajstić information content (AvgIpc) is 2.90. The first-order valence-corrected chi connectivity index (χ1v) is 11.9. The number of hydrogen-bond donors (Lipinski definition) is 4. The molecule has 2 atom stereocenters. The SMILES string of the molecule is COc1ccc(C[C@@H](C)N(Cc2ccccc2)C[C@H](O)c2ccc(O)c(NC=O)c2)cc1.O=C(O)C(F)(F)F. The van der Waals surface area contributed by atoms with E-state index in [9.17, 15) is 28.2 Å². The summed E-state index contributed by atoms with van der Waals surface area (Å²) < 4.78 is 37.0. The first kappa shape index (κ1) is 31.1. The van der Waals surface area contributed by atoms with Gasteiger partial charge in [0.15, 0.2) is 0 Å². The Morgan fingerprint density at radius 2 is 1.67 bits per heavy atom. The Balaban J connectivity index is 0.000000673. The van der Waals surface area contributed by atoms with Crippen molar-refractivity contribution in [3.8, 4) is 11.5 Å². The number of ether oxygens (including phenoxy) is 1. The summed E-state index contributed by atoms with van der Waals surface area (Å²) in [6, 6.07) is 23.1. The maximum absolute atomic E-state index is 11.0. The van der Waals surface area contributed by atoms with Gasteiger partial charge in [0.1, 0.15) is 11.5 Å². The number of aliphatic carboxylic acids is 1. The highest BCUT2D eigenvalue weighted by atomic mass is 19.4. The van der Waals surface area contributed by atoms with Crippen molar-refractivity contribution in [2.24, 2.45) is 0 Å². The highest BCUT2D eigenvalue weighted by Gasteiger charge is 2.38. The molecule has 39 heavy (non-hydrogen) atoms. The molecule has 0 saturated carbocycles. The molecule has 0 spiro atoms. The van der Waals surface area contributed by atoms with E-state index in [1.54, 1.807) is 19.2 Å². The normalized spacial score (nSPS) is 12.6. The lowest BCUT2D eigenvalue weighted by Gasteiger charge is -2.31. The number of hydrogen-bond acceptors (Lipinski definition) is 6. The third-order valence-corrected chi connectivity index (χ3v) is 5.81. The fourth-order valence-electron chi connectivity index (χ4n) is 3.72. The highest BCUT2D eigenvalue weighted by molar-refractivity contribution is 5.75. The summed E-state index contributed by atoms with van der Waals surface area (Å²) in [5.74, 6) is -1.97. The lowest BCUT2D eigenvalue weighted by atomic mass is 10.0. The summed E-state index contributed by atoms with van der Waals surface area (Å²) in [5, 5.41) is 30.5. The third-order valence-electron chi connectivity index (χ3n) is 5.81. The molecule has 0 saturated heterocycles. The van der Waals surface area contributed by atoms with Gasteiger partial charge in [-0.05, 0) is 54.3 Å². The zero-order chi connectivity index (χ0) is 29.0. The Labute approximate surface area is 224 Å². The predicted molar refractivity (Wildman–Crippen MR) is 139 cm³/mol. The lowest BCUT2D eigenvalue weighted by molar-refractivity contribution is -0.192. The number of carbonyl (C=O) groups is 2. The van der Waals surface area contributed by atoms with Crippen LogP contribution in [-0.2, 0) is 22.6 Å². The number of benzene rings is 3. The molecule has 0 heterocycles. The van der Waals surface area contributed by atoms with Gasteiger partial charge >= 0.3 is 12.1 Å². The fourth-order valence-corrected chi connectivity index (χ4v) is 3.72. The Morgan fingerprint density at radius 3 is 2.21 bits per heavy atom. The molecule has 3 aromatic carbocycles. The van der Waals surface area contributed by atoms with Gasteiger partial charge in [-0.1, -0.05) is 48.5 Å². The molecule has 0 fully saturated rings. The summed E-state index contributed by atoms with van der Waals surface area (Å²) in [7, 11) is 1.65. The van der Waals surface area contributed by atoms with Gasteiger partial charge < -0.3 is 25.4 Å². The van der Waals surface area contributed by atoms with Gasteiger partial charge in [0.2, 0.25) is 6.41 Å². The summed E-state index contributed by atoms with van der Waals surface area (Å²) in [6.45, 7) is 3.24. The Hall–Kier alpha value is -4.09. The second-order valence-electron chi connectivity index (χ2n) is 8.67. The van der Waals surface area contributed by atoms with Crippen LogP contribution in [0.3, 0.4) is 0 Å². The van der Waals surface area contributed by atoms with Gasteiger partial charge in [-0.2, -0.15) is 13.2 Å². The van der Waals surface area contributed by atoms with Gasteiger partial charge in [-0.25, -0.2) is 4.79 Å². The van der Waals surface area contributed by atoms with Crippen molar-refractivity contribution in [2.45, 2.75) is 38.2 Å². The minimum Gasteiger partial charge on any atom is -0.506 e. The first-order valence-electron chi connectivity index (χ1n) is 11.9. The largest absolute Gasteiger partial charge is 0.506 e. The predicted octanol–water partition coefficient (Wildman–Crippen LogP) is 4.77. The number of carboxylic acid groups (broad SMARTS) is 1. The number of phenolic OH excluding ortho intramolecular Hbond substituents is 1. The second-order valence-corrected chi connectivity index (χ2v) is 8.67. The first-order chi connectivity index (χ1) is 18.4. The molecule has 3 aromatic rings. The summed E-state index contributed by atoms with van der Waals surface area (Å²) in [6.07, 6.45) is -4.55. The van der Waals surface area contributed by atoms with Crippen LogP contribution < -0.4 is 10.1 Å². The molecule has 3 rings (SSSR count). The number of methoxy groups -OCH3 is 1. The number of phenols is 1. The van der Waals surface area contributed by atoms with Gasteiger partial charge in [0.25, 0.3) is 0 Å². The van der Waals surface area contributed by atoms with Crippen LogP contribution >= 0.6 is 0 Å². The molecule has 210 valence electrons. The molecule has 8 nitrogen and oxygen atoms in total. The number of anilines is 1. The zero-order valence-electron chi connectivity index (χ0n) is 21.4. The second kappa shape index (κ2) is 14.7. The molecule has 0 bridgehead atoms. The van der Waals surface area contributed by atoms with Crippen molar-refractivity contribution in [2.75, 3.05) is 19.0 Å². The van der Waals surface area contributed by atoms with E-state index < -0.39 is 18.2 Å². The molecule has 1 amide bonds. The minimum absolute atomic E-state index is 0.0398. The Bertz CT molecular complexity index is 1190. The van der Waals surface area contributed by atoms with Gasteiger partial charge in [0.05, 0.1) is 18.9 Å². The third kappa shape index (κ3) is 10.3. The van der Waals surface area contributed by atoms with Crippen LogP contribution in [0.1, 0.15) is 29.7 Å². The number of carbonyl (C=O) groups excluding carboxylic acids is 1. The van der Waals surface area contributed by atoms with Crippen LogP contribution in [0.2, 0.25) is 0 Å². The lowest BCUT2D eigenvalue weighted by Crippen LogP contribution is -2.37. The molecule has 11 heteroatoms. The number of halogens is 3. The smallest absolute Gasteiger partial charge is 0.490 e. The number of rotatable bonds is 11. The van der Waals surface area contributed by atoms with E-state index in [0.29, 0.717) is 25.1 Å². The standard InChI is InChI=1S/C26H30N2O4.C2HF3O2/c1-19(14-20-8-11-23(32-2)12-9-20)28(16-21-6-4-3-5-7-21)17-26(31)22-10-13-25(30)24(15-22)27-18-29;3-2(4,5)1(6)7/h3-13,15,18-19,26,30-31H,14,16-17H2,1-2H3,(H,27,29);(H,6,7)/t19-,26+;/m1./s1. The van der Waals surface area contributed by atoms with Gasteiger partial charge in [-0.15, -0.1) is 0 Å². The molecule has 0 radical (unpaired) electrons. The van der Waals surface area contributed by atoms with Crippen molar-refractivity contribution in [3.63, 3.8) is 0 Å². The number of aliphatic hydroxyl groups is 1. The van der Waals surface area contributed by atoms with E-state index in [0.717, 1.165) is 17.7 Å². The molecular weight excluding hydrogens is 517 g/mol. The maximum atomic E-state index is 11.0. The monoisotopic (exact) mass is 548 g/mol. The van der Waals surface area contributed by atoms with E-state index in [2.05, 4.69) is 41.4 Å². The van der Waals surface area contributed by atoms with Crippen molar-refractivity contribution >= 4 is 18.1 Å². The van der Waals surface area contributed by atoms with Crippen molar-refractivity contribution in [1.29, 1.82) is 0 Å². The average molecular weight is 549 g/mol. The van der Waals surface area contributed by atoms with Crippen LogP contribution in [0.5, 0.6) is 11.5 Å². The van der Waals surface area contributed by atoms with Crippen LogP contribution in [0.15, 0.2) is 72.8 Å². The number of carboxylic acids is 1. The van der Waals surface area contributed by atoms with Crippen molar-refractivity contribution in [3.05, 3.63) is 89.5 Å². The summed E-state index contributed by atoms with van der Waals surface area (Å²) in [4.78, 5) is 21.9. The molecule has 0 aliphatic rings. The Morgan fingerprint density at radius 1 is 1.05 bits per heavy atom.